The Morgan fingerprint density at radius 1 is 1.30 bits per heavy atom. The highest BCUT2D eigenvalue weighted by atomic mass is 79.9. The Morgan fingerprint density at radius 3 is 2.50 bits per heavy atom. The topological polar surface area (TPSA) is 49.4 Å². The third-order valence-corrected chi connectivity index (χ3v) is 4.31. The second-order valence-electron chi connectivity index (χ2n) is 6.22. The summed E-state index contributed by atoms with van der Waals surface area (Å²) < 4.78 is 0.932. The second kappa shape index (κ2) is 5.20. The first-order chi connectivity index (χ1) is 9.20. The Labute approximate surface area is 127 Å². The minimum Gasteiger partial charge on any atom is -0.342 e. The van der Waals surface area contributed by atoms with Crippen molar-refractivity contribution in [1.29, 1.82) is 0 Å². The molecule has 1 aromatic rings. The van der Waals surface area contributed by atoms with Gasteiger partial charge >= 0.3 is 0 Å². The van der Waals surface area contributed by atoms with Crippen molar-refractivity contribution in [3.05, 3.63) is 28.2 Å². The lowest BCUT2D eigenvalue weighted by molar-refractivity contribution is -0.133. The van der Waals surface area contributed by atoms with E-state index in [2.05, 4.69) is 21.2 Å². The van der Waals surface area contributed by atoms with Crippen LogP contribution in [-0.4, -0.2) is 24.4 Å². The van der Waals surface area contributed by atoms with Crippen LogP contribution in [0.2, 0.25) is 0 Å². The van der Waals surface area contributed by atoms with Gasteiger partial charge in [-0.15, -0.1) is 0 Å². The molecule has 1 unspecified atom stereocenters. The Bertz CT molecular complexity index is 563. The fourth-order valence-corrected chi connectivity index (χ4v) is 2.57. The summed E-state index contributed by atoms with van der Waals surface area (Å²) in [5.74, 6) is -0.186. The Morgan fingerprint density at radius 2 is 1.95 bits per heavy atom. The quantitative estimate of drug-likeness (QED) is 0.855. The van der Waals surface area contributed by atoms with Crippen molar-refractivity contribution in [1.82, 2.24) is 5.32 Å². The first-order valence-electron chi connectivity index (χ1n) is 6.57. The number of anilines is 1. The van der Waals surface area contributed by atoms with Gasteiger partial charge in [0.05, 0.1) is 0 Å². The van der Waals surface area contributed by atoms with Crippen molar-refractivity contribution in [3.8, 4) is 0 Å². The van der Waals surface area contributed by atoms with Crippen molar-refractivity contribution in [2.75, 3.05) is 11.4 Å². The fraction of sp³-hybridized carbons (Fsp3) is 0.467. The molecule has 1 heterocycles. The van der Waals surface area contributed by atoms with E-state index < -0.39 is 6.04 Å². The SMILES string of the molecule is Cc1ccc(N2CC(=O)NC(C(C)(C)C)C2=O)cc1Br. The molecule has 1 N–H and O–H groups in total. The van der Waals surface area contributed by atoms with Crippen LogP contribution in [0.4, 0.5) is 5.69 Å². The summed E-state index contributed by atoms with van der Waals surface area (Å²) in [5, 5.41) is 2.79. The standard InChI is InChI=1S/C15H19BrN2O2/c1-9-5-6-10(7-11(9)16)18-8-12(19)17-13(14(18)20)15(2,3)4/h5-7,13H,8H2,1-4H3,(H,17,19). The van der Waals surface area contributed by atoms with Crippen molar-refractivity contribution in [3.63, 3.8) is 0 Å². The van der Waals surface area contributed by atoms with E-state index in [1.54, 1.807) is 4.90 Å². The summed E-state index contributed by atoms with van der Waals surface area (Å²) in [6, 6.07) is 5.19. The number of benzene rings is 1. The predicted octanol–water partition coefficient (Wildman–Crippen LogP) is 2.64. The van der Waals surface area contributed by atoms with E-state index in [4.69, 9.17) is 0 Å². The van der Waals surface area contributed by atoms with Gasteiger partial charge in [0, 0.05) is 10.2 Å². The molecule has 20 heavy (non-hydrogen) atoms. The highest BCUT2D eigenvalue weighted by Gasteiger charge is 2.40. The molecular weight excluding hydrogens is 320 g/mol. The lowest BCUT2D eigenvalue weighted by Crippen LogP contribution is -2.62. The van der Waals surface area contributed by atoms with Gasteiger partial charge in [0.15, 0.2) is 0 Å². The van der Waals surface area contributed by atoms with Crippen LogP contribution < -0.4 is 10.2 Å². The van der Waals surface area contributed by atoms with Crippen LogP contribution in [0.3, 0.4) is 0 Å². The Hall–Kier alpha value is -1.36. The van der Waals surface area contributed by atoms with Gasteiger partial charge in [-0.05, 0) is 30.0 Å². The summed E-state index contributed by atoms with van der Waals surface area (Å²) >= 11 is 3.46. The van der Waals surface area contributed by atoms with Crippen LogP contribution in [0.25, 0.3) is 0 Å². The van der Waals surface area contributed by atoms with E-state index in [1.807, 2.05) is 45.9 Å². The zero-order chi connectivity index (χ0) is 15.1. The lowest BCUT2D eigenvalue weighted by Gasteiger charge is -2.38. The highest BCUT2D eigenvalue weighted by Crippen LogP contribution is 2.28. The summed E-state index contributed by atoms with van der Waals surface area (Å²) in [6.07, 6.45) is 0. The van der Waals surface area contributed by atoms with Gasteiger partial charge in [-0.2, -0.15) is 0 Å². The number of halogens is 1. The van der Waals surface area contributed by atoms with E-state index in [9.17, 15) is 9.59 Å². The van der Waals surface area contributed by atoms with Gasteiger partial charge in [-0.25, -0.2) is 0 Å². The molecule has 5 heteroatoms. The van der Waals surface area contributed by atoms with E-state index in [0.29, 0.717) is 0 Å². The first kappa shape index (κ1) is 15.0. The zero-order valence-corrected chi connectivity index (χ0v) is 13.7. The number of hydrogen-bond acceptors (Lipinski definition) is 2. The third kappa shape index (κ3) is 2.87. The van der Waals surface area contributed by atoms with Crippen molar-refractivity contribution in [2.45, 2.75) is 33.7 Å². The normalized spacial score (nSPS) is 20.1. The number of carbonyl (C=O) groups is 2. The molecule has 1 aliphatic heterocycles. The summed E-state index contributed by atoms with van der Waals surface area (Å²) in [5.41, 5.74) is 1.53. The molecule has 0 radical (unpaired) electrons. The molecule has 0 aliphatic carbocycles. The van der Waals surface area contributed by atoms with Crippen LogP contribution in [0.15, 0.2) is 22.7 Å². The van der Waals surface area contributed by atoms with Gasteiger partial charge in [0.2, 0.25) is 5.91 Å². The summed E-state index contributed by atoms with van der Waals surface area (Å²) in [7, 11) is 0. The second-order valence-corrected chi connectivity index (χ2v) is 7.08. The minimum atomic E-state index is -0.496. The van der Waals surface area contributed by atoms with Crippen LogP contribution in [-0.2, 0) is 9.59 Å². The Kier molecular flexibility index (Phi) is 3.91. The zero-order valence-electron chi connectivity index (χ0n) is 12.2. The largest absolute Gasteiger partial charge is 0.342 e. The average Bonchev–Trinajstić information content (AvgIpc) is 2.34. The van der Waals surface area contributed by atoms with Crippen LogP contribution in [0.5, 0.6) is 0 Å². The van der Waals surface area contributed by atoms with Gasteiger partial charge in [0.1, 0.15) is 12.6 Å². The molecular formula is C15H19BrN2O2. The number of nitrogens with one attached hydrogen (secondary N) is 1. The number of carbonyl (C=O) groups excluding carboxylic acids is 2. The van der Waals surface area contributed by atoms with Crippen LogP contribution in [0.1, 0.15) is 26.3 Å². The van der Waals surface area contributed by atoms with Crippen molar-refractivity contribution < 1.29 is 9.59 Å². The van der Waals surface area contributed by atoms with E-state index in [-0.39, 0.29) is 23.8 Å². The third-order valence-electron chi connectivity index (χ3n) is 3.45. The lowest BCUT2D eigenvalue weighted by atomic mass is 9.84. The van der Waals surface area contributed by atoms with Crippen molar-refractivity contribution >= 4 is 33.4 Å². The van der Waals surface area contributed by atoms with E-state index >= 15 is 0 Å². The molecule has 2 amide bonds. The Balaban J connectivity index is 2.37. The van der Waals surface area contributed by atoms with Gasteiger partial charge < -0.3 is 10.2 Å². The molecule has 0 aromatic heterocycles. The molecule has 1 aromatic carbocycles. The summed E-state index contributed by atoms with van der Waals surface area (Å²) in [4.78, 5) is 26.0. The number of hydrogen-bond donors (Lipinski definition) is 1. The molecule has 0 saturated carbocycles. The van der Waals surface area contributed by atoms with E-state index in [0.717, 1.165) is 15.7 Å². The molecule has 1 saturated heterocycles. The molecule has 0 bridgehead atoms. The molecule has 0 spiro atoms. The average molecular weight is 339 g/mol. The summed E-state index contributed by atoms with van der Waals surface area (Å²) in [6.45, 7) is 7.90. The number of aryl methyl sites for hydroxylation is 1. The first-order valence-corrected chi connectivity index (χ1v) is 7.36. The molecule has 1 atom stereocenters. The fourth-order valence-electron chi connectivity index (χ4n) is 2.20. The molecule has 1 aliphatic rings. The monoisotopic (exact) mass is 338 g/mol. The van der Waals surface area contributed by atoms with Gasteiger partial charge in [0.25, 0.3) is 5.91 Å². The molecule has 2 rings (SSSR count). The molecule has 4 nitrogen and oxygen atoms in total. The molecule has 108 valence electrons. The van der Waals surface area contributed by atoms with Crippen LogP contribution in [0, 0.1) is 12.3 Å². The van der Waals surface area contributed by atoms with Gasteiger partial charge in [-0.1, -0.05) is 42.8 Å². The van der Waals surface area contributed by atoms with Crippen LogP contribution >= 0.6 is 15.9 Å². The highest BCUT2D eigenvalue weighted by molar-refractivity contribution is 9.10. The minimum absolute atomic E-state index is 0.0622. The maximum atomic E-state index is 12.6. The number of piperazine rings is 1. The van der Waals surface area contributed by atoms with E-state index in [1.165, 1.54) is 0 Å². The van der Waals surface area contributed by atoms with Gasteiger partial charge in [-0.3, -0.25) is 9.59 Å². The predicted molar refractivity (Wildman–Crippen MR) is 82.6 cm³/mol. The maximum Gasteiger partial charge on any atom is 0.250 e. The number of rotatable bonds is 1. The van der Waals surface area contributed by atoms with Crippen molar-refractivity contribution in [2.24, 2.45) is 5.41 Å². The maximum absolute atomic E-state index is 12.6. The number of nitrogens with zero attached hydrogens (tertiary/aromatic N) is 1. The molecule has 1 fully saturated rings. The number of amides is 2. The smallest absolute Gasteiger partial charge is 0.250 e.